The van der Waals surface area contributed by atoms with Crippen molar-refractivity contribution in [3.8, 4) is 45.3 Å². The summed E-state index contributed by atoms with van der Waals surface area (Å²) in [6.07, 6.45) is 17.6. The number of anilines is 1. The molecule has 9 rings (SSSR count). The van der Waals surface area contributed by atoms with Crippen molar-refractivity contribution in [2.24, 2.45) is 5.92 Å². The van der Waals surface area contributed by atoms with Gasteiger partial charge in [-0.2, -0.15) is 0 Å². The van der Waals surface area contributed by atoms with Gasteiger partial charge in [0.25, 0.3) is 0 Å². The second-order valence-corrected chi connectivity index (χ2v) is 18.5. The highest BCUT2D eigenvalue weighted by atomic mass is 32.2. The van der Waals surface area contributed by atoms with Crippen LogP contribution in [0.1, 0.15) is 114 Å². The Hall–Kier alpha value is -5.85. The molecule has 2 aromatic heterocycles. The average Bonchev–Trinajstić information content (AvgIpc) is 4.11. The number of hydrogen-bond acceptors (Lipinski definition) is 4. The fourth-order valence-electron chi connectivity index (χ4n) is 8.48. The zero-order valence-corrected chi connectivity index (χ0v) is 38.7. The summed E-state index contributed by atoms with van der Waals surface area (Å²) in [5.74, 6) is 4.33. The minimum atomic E-state index is 0.335. The minimum absolute atomic E-state index is 0.335. The first-order chi connectivity index (χ1) is 30.1. The molecule has 0 atom stereocenters. The van der Waals surface area contributed by atoms with Gasteiger partial charge in [-0.15, -0.1) is 11.8 Å². The number of aromatic nitrogens is 4. The molecule has 1 fully saturated rings. The van der Waals surface area contributed by atoms with Crippen LogP contribution in [0, 0.1) is 12.8 Å². The van der Waals surface area contributed by atoms with Crippen LogP contribution in [0.25, 0.3) is 45.3 Å². The van der Waals surface area contributed by atoms with Crippen LogP contribution in [0.4, 0.5) is 5.69 Å². The molecule has 1 aliphatic heterocycles. The molecule has 6 heteroatoms. The van der Waals surface area contributed by atoms with Crippen molar-refractivity contribution in [2.45, 2.75) is 98.8 Å². The van der Waals surface area contributed by atoms with Crippen molar-refractivity contribution >= 4 is 17.4 Å². The number of hydrogen-bond donors (Lipinski definition) is 0. The summed E-state index contributed by atoms with van der Waals surface area (Å²) in [6.45, 7) is 17.7. The SMILES string of the molecule is CC(C)C.CC(C)c1cccc(C2CCCC2)c1-n1ccnc1-c1ccccc1.Cc1ccccc1-c1nccn1-c1c(C(C)C)cc(-c2ccccc2)cc1N1C=CSC=C1. The minimum Gasteiger partial charge on any atom is -0.321 e. The van der Waals surface area contributed by atoms with Crippen LogP contribution in [0.3, 0.4) is 0 Å². The Balaban J connectivity index is 0.000000177. The molecule has 0 N–H and O–H groups in total. The standard InChI is InChI=1S/C29H27N3S.C23H26N2.C4H10/c1-21(2)26-19-24(23-10-5-4-6-11-23)20-27(31-15-17-33-18-16-31)28(26)32-14-13-30-29(32)25-12-8-7-9-22(25)3;1-17(2)20-13-8-14-21(18-9-6-7-10-18)22(20)25-16-15-24-23(25)19-11-4-3-5-12-19;1-4(2)3/h4-21H,1-3H3;3-5,8,11-18H,6-7,9-10H2,1-2H3;4H,1-3H3. The molecule has 0 radical (unpaired) electrons. The van der Waals surface area contributed by atoms with E-state index < -0.39 is 0 Å². The van der Waals surface area contributed by atoms with Crippen molar-refractivity contribution in [1.29, 1.82) is 0 Å². The number of para-hydroxylation sites is 1. The van der Waals surface area contributed by atoms with Crippen molar-refractivity contribution in [1.82, 2.24) is 19.1 Å². The number of benzene rings is 5. The smallest absolute Gasteiger partial charge is 0.144 e. The third kappa shape index (κ3) is 10.3. The molecule has 7 aromatic rings. The van der Waals surface area contributed by atoms with Crippen LogP contribution in [-0.4, -0.2) is 19.1 Å². The van der Waals surface area contributed by atoms with Gasteiger partial charge in [-0.3, -0.25) is 9.13 Å². The maximum Gasteiger partial charge on any atom is 0.144 e. The maximum absolute atomic E-state index is 4.80. The van der Waals surface area contributed by atoms with Gasteiger partial charge in [0.1, 0.15) is 11.6 Å². The van der Waals surface area contributed by atoms with Gasteiger partial charge in [-0.25, -0.2) is 9.97 Å². The van der Waals surface area contributed by atoms with Crippen LogP contribution in [0.2, 0.25) is 0 Å². The van der Waals surface area contributed by atoms with E-state index >= 15 is 0 Å². The highest BCUT2D eigenvalue weighted by Gasteiger charge is 2.25. The molecular formula is C56H63N5S. The van der Waals surface area contributed by atoms with Crippen molar-refractivity contribution in [3.05, 3.63) is 186 Å². The molecule has 0 saturated heterocycles. The van der Waals surface area contributed by atoms with E-state index in [0.717, 1.165) is 28.8 Å². The van der Waals surface area contributed by atoms with E-state index in [1.54, 1.807) is 11.8 Å². The molecule has 5 nitrogen and oxygen atoms in total. The molecule has 318 valence electrons. The Morgan fingerprint density at radius 3 is 1.74 bits per heavy atom. The van der Waals surface area contributed by atoms with Crippen LogP contribution < -0.4 is 4.90 Å². The largest absolute Gasteiger partial charge is 0.321 e. The lowest BCUT2D eigenvalue weighted by atomic mass is 9.90. The topological polar surface area (TPSA) is 38.9 Å². The average molecular weight is 838 g/mol. The van der Waals surface area contributed by atoms with Crippen molar-refractivity contribution < 1.29 is 0 Å². The molecule has 1 aliphatic carbocycles. The predicted octanol–water partition coefficient (Wildman–Crippen LogP) is 16.1. The lowest BCUT2D eigenvalue weighted by Gasteiger charge is -2.27. The number of aryl methyl sites for hydroxylation is 1. The second-order valence-electron chi connectivity index (χ2n) is 17.6. The molecule has 0 spiro atoms. The van der Waals surface area contributed by atoms with E-state index in [4.69, 9.17) is 9.97 Å². The van der Waals surface area contributed by atoms with Crippen LogP contribution >= 0.6 is 11.8 Å². The van der Waals surface area contributed by atoms with Crippen LogP contribution in [-0.2, 0) is 0 Å². The first-order valence-electron chi connectivity index (χ1n) is 22.4. The fourth-order valence-corrected chi connectivity index (χ4v) is 8.97. The molecule has 0 amide bonds. The zero-order chi connectivity index (χ0) is 43.6. The molecule has 0 unspecified atom stereocenters. The Morgan fingerprint density at radius 2 is 1.13 bits per heavy atom. The molecule has 2 aliphatic rings. The van der Waals surface area contributed by atoms with E-state index in [9.17, 15) is 0 Å². The van der Waals surface area contributed by atoms with Gasteiger partial charge in [0.05, 0.1) is 17.1 Å². The summed E-state index contributed by atoms with van der Waals surface area (Å²) in [6, 6.07) is 41.1. The normalized spacial score (nSPS) is 13.7. The summed E-state index contributed by atoms with van der Waals surface area (Å²) >= 11 is 1.69. The highest BCUT2D eigenvalue weighted by molar-refractivity contribution is 8.04. The van der Waals surface area contributed by atoms with Crippen LogP contribution in [0.5, 0.6) is 0 Å². The van der Waals surface area contributed by atoms with Gasteiger partial charge in [-0.05, 0) is 99.8 Å². The molecule has 0 bridgehead atoms. The van der Waals surface area contributed by atoms with E-state index in [1.807, 2.05) is 12.4 Å². The van der Waals surface area contributed by atoms with E-state index in [2.05, 4.69) is 220 Å². The Bertz CT molecular complexity index is 2560. The van der Waals surface area contributed by atoms with Crippen molar-refractivity contribution in [2.75, 3.05) is 4.90 Å². The van der Waals surface area contributed by atoms with Gasteiger partial charge < -0.3 is 4.90 Å². The molecule has 5 aromatic carbocycles. The van der Waals surface area contributed by atoms with E-state index in [-0.39, 0.29) is 0 Å². The molecule has 1 saturated carbocycles. The number of thioether (sulfide) groups is 1. The lowest BCUT2D eigenvalue weighted by molar-refractivity contribution is 0.710. The quantitative estimate of drug-likeness (QED) is 0.145. The Morgan fingerprint density at radius 1 is 0.565 bits per heavy atom. The third-order valence-corrected chi connectivity index (χ3v) is 12.0. The monoisotopic (exact) mass is 837 g/mol. The summed E-state index contributed by atoms with van der Waals surface area (Å²) in [5, 5.41) is 4.23. The van der Waals surface area contributed by atoms with Crippen LogP contribution in [0.15, 0.2) is 163 Å². The predicted molar refractivity (Wildman–Crippen MR) is 266 cm³/mol. The summed E-state index contributed by atoms with van der Waals surface area (Å²) in [7, 11) is 0. The van der Waals surface area contributed by atoms with Crippen molar-refractivity contribution in [3.63, 3.8) is 0 Å². The van der Waals surface area contributed by atoms with Gasteiger partial charge in [0.2, 0.25) is 0 Å². The first kappa shape index (κ1) is 44.2. The lowest BCUT2D eigenvalue weighted by Crippen LogP contribution is -2.14. The maximum atomic E-state index is 4.80. The van der Waals surface area contributed by atoms with Gasteiger partial charge >= 0.3 is 0 Å². The number of nitrogens with zero attached hydrogens (tertiary/aromatic N) is 5. The fraction of sp³-hybridized carbons (Fsp3) is 0.286. The summed E-state index contributed by atoms with van der Waals surface area (Å²) in [4.78, 5) is 11.7. The van der Waals surface area contributed by atoms with E-state index in [1.165, 1.54) is 76.0 Å². The summed E-state index contributed by atoms with van der Waals surface area (Å²) in [5.41, 5.74) is 13.8. The third-order valence-electron chi connectivity index (χ3n) is 11.4. The molecule has 62 heavy (non-hydrogen) atoms. The van der Waals surface area contributed by atoms with Gasteiger partial charge in [-0.1, -0.05) is 164 Å². The molecular weight excluding hydrogens is 775 g/mol. The number of rotatable bonds is 9. The summed E-state index contributed by atoms with van der Waals surface area (Å²) < 4.78 is 4.57. The van der Waals surface area contributed by atoms with Gasteiger partial charge in [0, 0.05) is 48.3 Å². The Kier molecular flexibility index (Phi) is 14.8. The highest BCUT2D eigenvalue weighted by Crippen LogP contribution is 2.42. The van der Waals surface area contributed by atoms with E-state index in [0.29, 0.717) is 17.8 Å². The Labute approximate surface area is 375 Å². The first-order valence-corrected chi connectivity index (χ1v) is 23.4. The number of imidazole rings is 2. The van der Waals surface area contributed by atoms with Gasteiger partial charge in [0.15, 0.2) is 0 Å². The zero-order valence-electron chi connectivity index (χ0n) is 37.9. The molecule has 3 heterocycles. The second kappa shape index (κ2) is 20.8.